The van der Waals surface area contributed by atoms with E-state index >= 15 is 0 Å². The van der Waals surface area contributed by atoms with Crippen molar-refractivity contribution in [2.24, 2.45) is 0 Å². The third kappa shape index (κ3) is 2.83. The van der Waals surface area contributed by atoms with Crippen LogP contribution < -0.4 is 5.32 Å². The fraction of sp³-hybridized carbons (Fsp3) is 0.286. The molecule has 0 aliphatic carbocycles. The Morgan fingerprint density at radius 1 is 1.30 bits per heavy atom. The highest BCUT2D eigenvalue weighted by Crippen LogP contribution is 2.19. The first kappa shape index (κ1) is 13.7. The zero-order chi connectivity index (χ0) is 14.5. The minimum absolute atomic E-state index is 0.0801. The molecule has 0 saturated carbocycles. The van der Waals surface area contributed by atoms with Crippen molar-refractivity contribution >= 4 is 11.5 Å². The maximum Gasteiger partial charge on any atom is 0.269 e. The summed E-state index contributed by atoms with van der Waals surface area (Å²) in [5.41, 5.74) is 0.969. The monoisotopic (exact) mass is 271 g/mol. The number of rotatable bonds is 3. The SMILES string of the molecule is N#C/C(C(=O)c1ccc([N+](=O)[O-])cc1)=C1/CCCCN1. The number of nitro benzene ring substituents is 1. The Morgan fingerprint density at radius 3 is 2.50 bits per heavy atom. The number of nitrogens with one attached hydrogen (secondary N) is 1. The lowest BCUT2D eigenvalue weighted by Gasteiger charge is -2.17. The van der Waals surface area contributed by atoms with Crippen LogP contribution in [0.3, 0.4) is 0 Å². The van der Waals surface area contributed by atoms with E-state index in [-0.39, 0.29) is 16.8 Å². The lowest BCUT2D eigenvalue weighted by Crippen LogP contribution is -2.23. The zero-order valence-electron chi connectivity index (χ0n) is 10.8. The number of carbonyl (C=O) groups is 1. The number of carbonyl (C=O) groups excluding carboxylic acids is 1. The summed E-state index contributed by atoms with van der Waals surface area (Å²) in [7, 11) is 0. The van der Waals surface area contributed by atoms with Crippen molar-refractivity contribution in [2.45, 2.75) is 19.3 Å². The summed E-state index contributed by atoms with van der Waals surface area (Å²) in [6, 6.07) is 7.22. The van der Waals surface area contributed by atoms with Gasteiger partial charge in [0.2, 0.25) is 5.78 Å². The Kier molecular flexibility index (Phi) is 4.11. The molecule has 1 heterocycles. The van der Waals surface area contributed by atoms with Gasteiger partial charge >= 0.3 is 0 Å². The number of ketones is 1. The van der Waals surface area contributed by atoms with Gasteiger partial charge in [-0.25, -0.2) is 0 Å². The Morgan fingerprint density at radius 2 is 2.00 bits per heavy atom. The Bertz CT molecular complexity index is 604. The second-order valence-corrected chi connectivity index (χ2v) is 4.48. The van der Waals surface area contributed by atoms with E-state index in [2.05, 4.69) is 5.32 Å². The number of hydrogen-bond donors (Lipinski definition) is 1. The molecule has 1 aliphatic rings. The van der Waals surface area contributed by atoms with E-state index in [1.807, 2.05) is 6.07 Å². The summed E-state index contributed by atoms with van der Waals surface area (Å²) in [4.78, 5) is 22.3. The predicted octanol–water partition coefficient (Wildman–Crippen LogP) is 2.33. The molecule has 1 aliphatic heterocycles. The molecule has 6 nitrogen and oxygen atoms in total. The molecule has 0 unspecified atom stereocenters. The van der Waals surface area contributed by atoms with Crippen LogP contribution in [0.15, 0.2) is 35.5 Å². The van der Waals surface area contributed by atoms with Crippen LogP contribution in [0.5, 0.6) is 0 Å². The molecule has 6 heteroatoms. The highest BCUT2D eigenvalue weighted by molar-refractivity contribution is 6.11. The predicted molar refractivity (Wildman–Crippen MR) is 71.9 cm³/mol. The van der Waals surface area contributed by atoms with Gasteiger partial charge in [0.25, 0.3) is 5.69 Å². The van der Waals surface area contributed by atoms with Crippen LogP contribution in [0.1, 0.15) is 29.6 Å². The molecule has 0 aromatic heterocycles. The molecule has 0 spiro atoms. The molecule has 0 radical (unpaired) electrons. The van der Waals surface area contributed by atoms with E-state index in [0.717, 1.165) is 19.4 Å². The quantitative estimate of drug-likeness (QED) is 0.299. The number of piperidine rings is 1. The topological polar surface area (TPSA) is 96.0 Å². The number of non-ortho nitro benzene ring substituents is 1. The molecule has 1 fully saturated rings. The molecular weight excluding hydrogens is 258 g/mol. The molecule has 102 valence electrons. The first-order chi connectivity index (χ1) is 9.63. The van der Waals surface area contributed by atoms with E-state index in [4.69, 9.17) is 0 Å². The van der Waals surface area contributed by atoms with Crippen molar-refractivity contribution in [3.63, 3.8) is 0 Å². The molecule has 1 aromatic carbocycles. The highest BCUT2D eigenvalue weighted by atomic mass is 16.6. The van der Waals surface area contributed by atoms with Crippen LogP contribution in [-0.2, 0) is 0 Å². The molecule has 1 N–H and O–H groups in total. The second-order valence-electron chi connectivity index (χ2n) is 4.48. The number of allylic oxidation sites excluding steroid dienone is 2. The molecule has 1 aromatic rings. The average Bonchev–Trinajstić information content (AvgIpc) is 2.49. The van der Waals surface area contributed by atoms with Crippen LogP contribution in [0.25, 0.3) is 0 Å². The maximum atomic E-state index is 12.3. The zero-order valence-corrected chi connectivity index (χ0v) is 10.8. The molecule has 20 heavy (non-hydrogen) atoms. The number of benzene rings is 1. The van der Waals surface area contributed by atoms with Gasteiger partial charge in [-0.3, -0.25) is 14.9 Å². The van der Waals surface area contributed by atoms with E-state index in [1.54, 1.807) is 0 Å². The molecule has 1 saturated heterocycles. The van der Waals surface area contributed by atoms with Crippen LogP contribution in [0.2, 0.25) is 0 Å². The highest BCUT2D eigenvalue weighted by Gasteiger charge is 2.19. The lowest BCUT2D eigenvalue weighted by atomic mass is 9.98. The normalized spacial score (nSPS) is 16.8. The van der Waals surface area contributed by atoms with Gasteiger partial charge in [-0.05, 0) is 31.4 Å². The van der Waals surface area contributed by atoms with E-state index in [0.29, 0.717) is 12.1 Å². The summed E-state index contributed by atoms with van der Waals surface area (Å²) in [5, 5.41) is 22.8. The van der Waals surface area contributed by atoms with E-state index in [1.165, 1.54) is 24.3 Å². The molecule has 2 rings (SSSR count). The summed E-state index contributed by atoms with van der Waals surface area (Å²) >= 11 is 0. The van der Waals surface area contributed by atoms with Crippen molar-refractivity contribution in [1.82, 2.24) is 5.32 Å². The van der Waals surface area contributed by atoms with E-state index < -0.39 is 10.7 Å². The minimum Gasteiger partial charge on any atom is -0.387 e. The fourth-order valence-corrected chi connectivity index (χ4v) is 2.10. The van der Waals surface area contributed by atoms with Gasteiger partial charge in [-0.2, -0.15) is 5.26 Å². The number of Topliss-reactive ketones (excluding diaryl/α,β-unsaturated/α-hetero) is 1. The number of nitro groups is 1. The number of hydrogen-bond acceptors (Lipinski definition) is 5. The van der Waals surface area contributed by atoms with Crippen molar-refractivity contribution in [3.05, 3.63) is 51.2 Å². The molecule has 0 bridgehead atoms. The van der Waals surface area contributed by atoms with Gasteiger partial charge in [0, 0.05) is 29.9 Å². The third-order valence-corrected chi connectivity index (χ3v) is 3.17. The minimum atomic E-state index is -0.527. The van der Waals surface area contributed by atoms with Gasteiger partial charge in [0.1, 0.15) is 11.6 Å². The summed E-state index contributed by atoms with van der Waals surface area (Å²) in [6.07, 6.45) is 2.65. The fourth-order valence-electron chi connectivity index (χ4n) is 2.10. The van der Waals surface area contributed by atoms with Gasteiger partial charge in [-0.1, -0.05) is 0 Å². The second kappa shape index (κ2) is 5.97. The van der Waals surface area contributed by atoms with E-state index in [9.17, 15) is 20.2 Å². The largest absolute Gasteiger partial charge is 0.387 e. The first-order valence-corrected chi connectivity index (χ1v) is 6.29. The van der Waals surface area contributed by atoms with Crippen LogP contribution >= 0.6 is 0 Å². The van der Waals surface area contributed by atoms with Crippen LogP contribution in [0.4, 0.5) is 5.69 Å². The van der Waals surface area contributed by atoms with Crippen molar-refractivity contribution in [2.75, 3.05) is 6.54 Å². The number of nitrogens with zero attached hydrogens (tertiary/aromatic N) is 2. The van der Waals surface area contributed by atoms with Gasteiger partial charge < -0.3 is 5.32 Å². The van der Waals surface area contributed by atoms with Crippen molar-refractivity contribution < 1.29 is 9.72 Å². The van der Waals surface area contributed by atoms with Gasteiger partial charge in [-0.15, -0.1) is 0 Å². The van der Waals surface area contributed by atoms with Gasteiger partial charge in [0.05, 0.1) is 4.92 Å². The van der Waals surface area contributed by atoms with Crippen molar-refractivity contribution in [3.8, 4) is 6.07 Å². The Balaban J connectivity index is 2.29. The first-order valence-electron chi connectivity index (χ1n) is 6.29. The maximum absolute atomic E-state index is 12.3. The molecule has 0 atom stereocenters. The third-order valence-electron chi connectivity index (χ3n) is 3.17. The molecule has 0 amide bonds. The summed E-state index contributed by atoms with van der Waals surface area (Å²) in [6.45, 7) is 0.758. The lowest BCUT2D eigenvalue weighted by molar-refractivity contribution is -0.384. The van der Waals surface area contributed by atoms with Crippen LogP contribution in [-0.4, -0.2) is 17.3 Å². The number of nitriles is 1. The van der Waals surface area contributed by atoms with Crippen molar-refractivity contribution in [1.29, 1.82) is 5.26 Å². The van der Waals surface area contributed by atoms with Crippen LogP contribution in [0, 0.1) is 21.4 Å². The Hall–Kier alpha value is -2.68. The standard InChI is InChI=1S/C14H13N3O3/c15-9-12(13-3-1-2-8-16-13)14(18)10-4-6-11(7-5-10)17(19)20/h4-7,16H,1-3,8H2/b13-12+. The summed E-state index contributed by atoms with van der Waals surface area (Å²) < 4.78 is 0. The smallest absolute Gasteiger partial charge is 0.269 e. The summed E-state index contributed by atoms with van der Waals surface area (Å²) in [5.74, 6) is -0.396. The molecular formula is C14H13N3O3. The Labute approximate surface area is 115 Å². The average molecular weight is 271 g/mol. The van der Waals surface area contributed by atoms with Gasteiger partial charge in [0.15, 0.2) is 0 Å².